The Morgan fingerprint density at radius 2 is 2.36 bits per heavy atom. The average molecular weight is 264 g/mol. The lowest BCUT2D eigenvalue weighted by molar-refractivity contribution is -0.138. The molecular weight excluding hydrogens is 246 g/mol. The van der Waals surface area contributed by atoms with E-state index in [-0.39, 0.29) is 18.6 Å². The van der Waals surface area contributed by atoms with Crippen LogP contribution in [-0.2, 0) is 9.53 Å². The van der Waals surface area contributed by atoms with Gasteiger partial charge in [0, 0.05) is 17.9 Å². The maximum Gasteiger partial charge on any atom is 0.248 e. The zero-order valence-corrected chi connectivity index (χ0v) is 10.4. The second-order valence-corrected chi connectivity index (χ2v) is 4.54. The molecule has 82 valence electrons. The normalized spacial score (nSPS) is 22.0. The van der Waals surface area contributed by atoms with E-state index in [2.05, 4.69) is 15.9 Å². The Balaban J connectivity index is 2.35. The lowest BCUT2D eigenvalue weighted by atomic mass is 10.2. The standard InChI is InChI=1S/C10H18BrNO2/c1-8(2)14-7-10(13)12-5-3-4-9(12)6-11/h8-9H,3-7H2,1-2H3. The zero-order chi connectivity index (χ0) is 10.6. The van der Waals surface area contributed by atoms with Crippen molar-refractivity contribution >= 4 is 21.8 Å². The maximum absolute atomic E-state index is 11.7. The fourth-order valence-electron chi connectivity index (χ4n) is 1.65. The number of ether oxygens (including phenoxy) is 1. The van der Waals surface area contributed by atoms with Crippen LogP contribution in [-0.4, -0.2) is 41.4 Å². The van der Waals surface area contributed by atoms with E-state index >= 15 is 0 Å². The lowest BCUT2D eigenvalue weighted by Gasteiger charge is -2.23. The number of amides is 1. The van der Waals surface area contributed by atoms with Gasteiger partial charge in [-0.2, -0.15) is 0 Å². The van der Waals surface area contributed by atoms with Crippen molar-refractivity contribution in [1.82, 2.24) is 4.90 Å². The molecule has 1 heterocycles. The van der Waals surface area contributed by atoms with Gasteiger partial charge in [-0.15, -0.1) is 0 Å². The summed E-state index contributed by atoms with van der Waals surface area (Å²) in [7, 11) is 0. The largest absolute Gasteiger partial charge is 0.369 e. The van der Waals surface area contributed by atoms with Crippen LogP contribution in [0.3, 0.4) is 0 Å². The van der Waals surface area contributed by atoms with E-state index in [1.54, 1.807) is 0 Å². The van der Waals surface area contributed by atoms with Crippen molar-refractivity contribution in [1.29, 1.82) is 0 Å². The minimum absolute atomic E-state index is 0.126. The van der Waals surface area contributed by atoms with Gasteiger partial charge in [0.1, 0.15) is 6.61 Å². The predicted molar refractivity (Wildman–Crippen MR) is 59.6 cm³/mol. The van der Waals surface area contributed by atoms with Crippen molar-refractivity contribution < 1.29 is 9.53 Å². The summed E-state index contributed by atoms with van der Waals surface area (Å²) in [6.45, 7) is 5.00. The second-order valence-electron chi connectivity index (χ2n) is 3.90. The van der Waals surface area contributed by atoms with E-state index in [0.29, 0.717) is 6.04 Å². The highest BCUT2D eigenvalue weighted by molar-refractivity contribution is 9.09. The van der Waals surface area contributed by atoms with E-state index in [9.17, 15) is 4.79 Å². The third-order valence-electron chi connectivity index (χ3n) is 2.42. The smallest absolute Gasteiger partial charge is 0.248 e. The lowest BCUT2D eigenvalue weighted by Crippen LogP contribution is -2.39. The quantitative estimate of drug-likeness (QED) is 0.724. The Labute approximate surface area is 93.9 Å². The molecule has 1 fully saturated rings. The van der Waals surface area contributed by atoms with E-state index in [1.807, 2.05) is 18.7 Å². The summed E-state index contributed by atoms with van der Waals surface area (Å²) in [5.41, 5.74) is 0. The molecule has 0 N–H and O–H groups in total. The Morgan fingerprint density at radius 3 is 2.93 bits per heavy atom. The SMILES string of the molecule is CC(C)OCC(=O)N1CCCC1CBr. The number of halogens is 1. The number of carbonyl (C=O) groups is 1. The van der Waals surface area contributed by atoms with E-state index in [0.717, 1.165) is 24.7 Å². The van der Waals surface area contributed by atoms with Gasteiger partial charge < -0.3 is 9.64 Å². The summed E-state index contributed by atoms with van der Waals surface area (Å²) in [5, 5.41) is 0.875. The summed E-state index contributed by atoms with van der Waals surface area (Å²) in [4.78, 5) is 13.6. The van der Waals surface area contributed by atoms with Crippen LogP contribution >= 0.6 is 15.9 Å². The first-order chi connectivity index (χ1) is 6.65. The summed E-state index contributed by atoms with van der Waals surface area (Å²) < 4.78 is 5.30. The van der Waals surface area contributed by atoms with Gasteiger partial charge >= 0.3 is 0 Å². The Bertz CT molecular complexity index is 197. The molecule has 1 atom stereocenters. The highest BCUT2D eigenvalue weighted by Crippen LogP contribution is 2.18. The van der Waals surface area contributed by atoms with Gasteiger partial charge in [0.05, 0.1) is 6.10 Å². The van der Waals surface area contributed by atoms with Crippen molar-refractivity contribution in [2.45, 2.75) is 38.8 Å². The minimum atomic E-state index is 0.126. The van der Waals surface area contributed by atoms with Crippen molar-refractivity contribution in [2.24, 2.45) is 0 Å². The van der Waals surface area contributed by atoms with Gasteiger partial charge in [-0.3, -0.25) is 4.79 Å². The molecule has 1 aliphatic rings. The molecule has 3 nitrogen and oxygen atoms in total. The Morgan fingerprint density at radius 1 is 1.64 bits per heavy atom. The van der Waals surface area contributed by atoms with Crippen LogP contribution in [0.4, 0.5) is 0 Å². The van der Waals surface area contributed by atoms with Gasteiger partial charge in [-0.05, 0) is 26.7 Å². The second kappa shape index (κ2) is 5.71. The number of rotatable bonds is 4. The molecule has 0 aliphatic carbocycles. The minimum Gasteiger partial charge on any atom is -0.369 e. The number of carbonyl (C=O) groups excluding carboxylic acids is 1. The maximum atomic E-state index is 11.7. The predicted octanol–water partition coefficient (Wildman–Crippen LogP) is 1.80. The number of hydrogen-bond acceptors (Lipinski definition) is 2. The first-order valence-corrected chi connectivity index (χ1v) is 6.24. The van der Waals surface area contributed by atoms with Gasteiger partial charge in [-0.25, -0.2) is 0 Å². The van der Waals surface area contributed by atoms with Gasteiger partial charge in [0.2, 0.25) is 5.91 Å². The van der Waals surface area contributed by atoms with Gasteiger partial charge in [-0.1, -0.05) is 15.9 Å². The molecule has 0 bridgehead atoms. The number of likely N-dealkylation sites (tertiary alicyclic amines) is 1. The zero-order valence-electron chi connectivity index (χ0n) is 8.83. The highest BCUT2D eigenvalue weighted by Gasteiger charge is 2.27. The molecule has 0 aromatic rings. The Hall–Kier alpha value is -0.0900. The van der Waals surface area contributed by atoms with Crippen LogP contribution in [0, 0.1) is 0 Å². The molecular formula is C10H18BrNO2. The third-order valence-corrected chi connectivity index (χ3v) is 3.16. The summed E-state index contributed by atoms with van der Waals surface area (Å²) >= 11 is 3.43. The van der Waals surface area contributed by atoms with Crippen LogP contribution in [0.25, 0.3) is 0 Å². The van der Waals surface area contributed by atoms with E-state index in [4.69, 9.17) is 4.74 Å². The van der Waals surface area contributed by atoms with Crippen LogP contribution in [0.5, 0.6) is 0 Å². The third kappa shape index (κ3) is 3.24. The Kier molecular flexibility index (Phi) is 4.89. The van der Waals surface area contributed by atoms with Crippen molar-refractivity contribution in [3.63, 3.8) is 0 Å². The molecule has 1 amide bonds. The van der Waals surface area contributed by atoms with Crippen LogP contribution in [0.15, 0.2) is 0 Å². The monoisotopic (exact) mass is 263 g/mol. The fraction of sp³-hybridized carbons (Fsp3) is 0.900. The topological polar surface area (TPSA) is 29.5 Å². The van der Waals surface area contributed by atoms with Crippen molar-refractivity contribution in [2.75, 3.05) is 18.5 Å². The van der Waals surface area contributed by atoms with Crippen LogP contribution in [0.2, 0.25) is 0 Å². The first-order valence-electron chi connectivity index (χ1n) is 5.12. The van der Waals surface area contributed by atoms with Gasteiger partial charge in [0.15, 0.2) is 0 Å². The highest BCUT2D eigenvalue weighted by atomic mass is 79.9. The molecule has 0 radical (unpaired) electrons. The molecule has 1 saturated heterocycles. The van der Waals surface area contributed by atoms with Crippen molar-refractivity contribution in [3.8, 4) is 0 Å². The number of nitrogens with zero attached hydrogens (tertiary/aromatic N) is 1. The molecule has 14 heavy (non-hydrogen) atoms. The van der Waals surface area contributed by atoms with Crippen LogP contribution < -0.4 is 0 Å². The molecule has 4 heteroatoms. The molecule has 0 spiro atoms. The summed E-state index contributed by atoms with van der Waals surface area (Å²) in [6.07, 6.45) is 2.35. The molecule has 1 rings (SSSR count). The van der Waals surface area contributed by atoms with E-state index < -0.39 is 0 Å². The number of hydrogen-bond donors (Lipinski definition) is 0. The van der Waals surface area contributed by atoms with Crippen LogP contribution in [0.1, 0.15) is 26.7 Å². The molecule has 0 saturated carbocycles. The number of alkyl halides is 1. The molecule has 0 aromatic carbocycles. The van der Waals surface area contributed by atoms with Crippen molar-refractivity contribution in [3.05, 3.63) is 0 Å². The molecule has 1 unspecified atom stereocenters. The van der Waals surface area contributed by atoms with Gasteiger partial charge in [0.25, 0.3) is 0 Å². The molecule has 1 aliphatic heterocycles. The summed E-state index contributed by atoms with van der Waals surface area (Å²) in [6, 6.07) is 0.373. The first kappa shape index (κ1) is 12.0. The molecule has 0 aromatic heterocycles. The fourth-order valence-corrected chi connectivity index (χ4v) is 2.32. The van der Waals surface area contributed by atoms with E-state index in [1.165, 1.54) is 0 Å². The average Bonchev–Trinajstić information content (AvgIpc) is 2.61. The summed E-state index contributed by atoms with van der Waals surface area (Å²) in [5.74, 6) is 0.126.